The van der Waals surface area contributed by atoms with Gasteiger partial charge in [-0.2, -0.15) is 8.78 Å². The highest BCUT2D eigenvalue weighted by Crippen LogP contribution is 2.19. The topological polar surface area (TPSA) is 34.4 Å². The molecule has 0 fully saturated rings. The monoisotopic (exact) mass is 267 g/mol. The zero-order valence-corrected chi connectivity index (χ0v) is 10.3. The maximum atomic E-state index is 12.2. The second kappa shape index (κ2) is 6.89. The van der Waals surface area contributed by atoms with Gasteiger partial charge in [-0.1, -0.05) is 18.2 Å². The number of hydrogen-bond donors (Lipinski definition) is 1. The lowest BCUT2D eigenvalue weighted by atomic mass is 10.2. The van der Waals surface area contributed by atoms with E-state index < -0.39 is 6.61 Å². The Morgan fingerprint density at radius 1 is 1.16 bits per heavy atom. The molecule has 102 valence electrons. The molecule has 0 saturated carbocycles. The molecule has 19 heavy (non-hydrogen) atoms. The van der Waals surface area contributed by atoms with E-state index in [4.69, 9.17) is 4.42 Å². The van der Waals surface area contributed by atoms with Crippen LogP contribution in [0.25, 0.3) is 0 Å². The fourth-order valence-electron chi connectivity index (χ4n) is 1.75. The molecule has 5 heteroatoms. The molecule has 0 amide bonds. The summed E-state index contributed by atoms with van der Waals surface area (Å²) in [5.74, 6) is 1.10. The van der Waals surface area contributed by atoms with Crippen LogP contribution in [0.4, 0.5) is 8.78 Å². The molecular formula is C14H15F2NO2. The highest BCUT2D eigenvalue weighted by atomic mass is 19.3. The number of benzene rings is 1. The van der Waals surface area contributed by atoms with Gasteiger partial charge in [0.25, 0.3) is 0 Å². The third-order valence-electron chi connectivity index (χ3n) is 2.63. The van der Waals surface area contributed by atoms with Crippen LogP contribution in [0.15, 0.2) is 47.1 Å². The van der Waals surface area contributed by atoms with Crippen LogP contribution in [0, 0.1) is 0 Å². The van der Waals surface area contributed by atoms with Crippen molar-refractivity contribution in [3.05, 3.63) is 54.0 Å². The molecule has 0 aliphatic rings. The van der Waals surface area contributed by atoms with Gasteiger partial charge in [0.2, 0.25) is 0 Å². The molecule has 0 spiro atoms. The number of nitrogens with one attached hydrogen (secondary N) is 1. The molecule has 1 N–H and O–H groups in total. The van der Waals surface area contributed by atoms with Gasteiger partial charge < -0.3 is 14.5 Å². The largest absolute Gasteiger partial charge is 0.469 e. The Labute approximate surface area is 110 Å². The van der Waals surface area contributed by atoms with Crippen molar-refractivity contribution in [2.45, 2.75) is 19.6 Å². The molecular weight excluding hydrogens is 252 g/mol. The third-order valence-corrected chi connectivity index (χ3v) is 2.63. The van der Waals surface area contributed by atoms with Crippen LogP contribution in [0.3, 0.4) is 0 Å². The van der Waals surface area contributed by atoms with E-state index in [0.29, 0.717) is 18.7 Å². The van der Waals surface area contributed by atoms with Gasteiger partial charge in [-0.15, -0.1) is 0 Å². The average Bonchev–Trinajstić information content (AvgIpc) is 2.89. The average molecular weight is 267 g/mol. The molecule has 3 nitrogen and oxygen atoms in total. The molecule has 1 aromatic carbocycles. The number of rotatable bonds is 7. The van der Waals surface area contributed by atoms with Gasteiger partial charge in [0.15, 0.2) is 0 Å². The minimum Gasteiger partial charge on any atom is -0.469 e. The van der Waals surface area contributed by atoms with Crippen LogP contribution in [-0.2, 0) is 13.0 Å². The van der Waals surface area contributed by atoms with Crippen molar-refractivity contribution >= 4 is 0 Å². The number of alkyl halides is 2. The lowest BCUT2D eigenvalue weighted by Gasteiger charge is -2.11. The van der Waals surface area contributed by atoms with Crippen molar-refractivity contribution in [3.63, 3.8) is 0 Å². The van der Waals surface area contributed by atoms with Crippen LogP contribution in [-0.4, -0.2) is 13.2 Å². The molecule has 0 aliphatic carbocycles. The summed E-state index contributed by atoms with van der Waals surface area (Å²) in [5.41, 5.74) is 0.710. The predicted octanol–water partition coefficient (Wildman–Crippen LogP) is 3.21. The number of para-hydroxylation sites is 1. The molecule has 2 aromatic rings. The fourth-order valence-corrected chi connectivity index (χ4v) is 1.75. The van der Waals surface area contributed by atoms with E-state index in [9.17, 15) is 8.78 Å². The summed E-state index contributed by atoms with van der Waals surface area (Å²) >= 11 is 0. The molecule has 0 bridgehead atoms. The summed E-state index contributed by atoms with van der Waals surface area (Å²) in [7, 11) is 0. The molecule has 0 unspecified atom stereocenters. The molecule has 1 heterocycles. The molecule has 0 saturated heterocycles. The van der Waals surface area contributed by atoms with Gasteiger partial charge in [-0.3, -0.25) is 0 Å². The van der Waals surface area contributed by atoms with Crippen LogP contribution in [0.5, 0.6) is 5.75 Å². The van der Waals surface area contributed by atoms with Crippen LogP contribution < -0.4 is 10.1 Å². The first kappa shape index (κ1) is 13.5. The number of ether oxygens (including phenoxy) is 1. The van der Waals surface area contributed by atoms with E-state index in [0.717, 1.165) is 12.2 Å². The zero-order valence-electron chi connectivity index (χ0n) is 10.3. The first-order chi connectivity index (χ1) is 9.25. The lowest BCUT2D eigenvalue weighted by Crippen LogP contribution is -2.17. The minimum absolute atomic E-state index is 0.211. The molecule has 0 radical (unpaired) electrons. The minimum atomic E-state index is -2.80. The van der Waals surface area contributed by atoms with Crippen molar-refractivity contribution in [1.29, 1.82) is 0 Å². The predicted molar refractivity (Wildman–Crippen MR) is 67.2 cm³/mol. The highest BCUT2D eigenvalue weighted by molar-refractivity contribution is 5.33. The van der Waals surface area contributed by atoms with E-state index >= 15 is 0 Å². The first-order valence-electron chi connectivity index (χ1n) is 6.01. The summed E-state index contributed by atoms with van der Waals surface area (Å²) in [5, 5.41) is 3.17. The van der Waals surface area contributed by atoms with E-state index in [-0.39, 0.29) is 5.75 Å². The quantitative estimate of drug-likeness (QED) is 0.782. The van der Waals surface area contributed by atoms with Gasteiger partial charge in [0, 0.05) is 25.1 Å². The summed E-state index contributed by atoms with van der Waals surface area (Å²) in [4.78, 5) is 0. The van der Waals surface area contributed by atoms with Crippen molar-refractivity contribution in [2.75, 3.05) is 6.54 Å². The Bertz CT molecular complexity index is 486. The standard InChI is InChI=1S/C14H15F2NO2/c15-14(16)19-13-6-2-1-4-11(13)10-17-8-7-12-5-3-9-18-12/h1-6,9,14,17H,7-8,10H2. The third kappa shape index (κ3) is 4.37. The van der Waals surface area contributed by atoms with E-state index in [1.807, 2.05) is 12.1 Å². The first-order valence-corrected chi connectivity index (χ1v) is 6.01. The van der Waals surface area contributed by atoms with E-state index in [1.165, 1.54) is 6.07 Å². The van der Waals surface area contributed by atoms with Gasteiger partial charge >= 0.3 is 6.61 Å². The van der Waals surface area contributed by atoms with Crippen molar-refractivity contribution in [1.82, 2.24) is 5.32 Å². The molecule has 2 rings (SSSR count). The molecule has 0 aliphatic heterocycles. The van der Waals surface area contributed by atoms with Gasteiger partial charge in [-0.05, 0) is 18.2 Å². The zero-order chi connectivity index (χ0) is 13.5. The molecule has 1 aromatic heterocycles. The number of hydrogen-bond acceptors (Lipinski definition) is 3. The van der Waals surface area contributed by atoms with Crippen molar-refractivity contribution in [2.24, 2.45) is 0 Å². The van der Waals surface area contributed by atoms with Crippen LogP contribution in [0.1, 0.15) is 11.3 Å². The second-order valence-corrected chi connectivity index (χ2v) is 3.99. The number of furan rings is 1. The Morgan fingerprint density at radius 2 is 2.00 bits per heavy atom. The summed E-state index contributed by atoms with van der Waals surface area (Å²) in [6.45, 7) is -1.62. The van der Waals surface area contributed by atoms with Crippen molar-refractivity contribution < 1.29 is 17.9 Å². The highest BCUT2D eigenvalue weighted by Gasteiger charge is 2.08. The van der Waals surface area contributed by atoms with E-state index in [1.54, 1.807) is 24.5 Å². The smallest absolute Gasteiger partial charge is 0.387 e. The Balaban J connectivity index is 1.82. The second-order valence-electron chi connectivity index (χ2n) is 3.99. The van der Waals surface area contributed by atoms with Gasteiger partial charge in [0.1, 0.15) is 11.5 Å². The van der Waals surface area contributed by atoms with Gasteiger partial charge in [0.05, 0.1) is 6.26 Å². The summed E-state index contributed by atoms with van der Waals surface area (Å²) in [6.07, 6.45) is 2.38. The van der Waals surface area contributed by atoms with Crippen molar-refractivity contribution in [3.8, 4) is 5.75 Å². The number of halogens is 2. The Kier molecular flexibility index (Phi) is 4.92. The fraction of sp³-hybridized carbons (Fsp3) is 0.286. The summed E-state index contributed by atoms with van der Waals surface area (Å²) in [6, 6.07) is 10.5. The maximum Gasteiger partial charge on any atom is 0.387 e. The van der Waals surface area contributed by atoms with Crippen LogP contribution in [0.2, 0.25) is 0 Å². The lowest BCUT2D eigenvalue weighted by molar-refractivity contribution is -0.0504. The normalized spacial score (nSPS) is 10.9. The maximum absolute atomic E-state index is 12.2. The summed E-state index contributed by atoms with van der Waals surface area (Å²) < 4.78 is 34.1. The van der Waals surface area contributed by atoms with Crippen LogP contribution >= 0.6 is 0 Å². The van der Waals surface area contributed by atoms with E-state index in [2.05, 4.69) is 10.1 Å². The Morgan fingerprint density at radius 3 is 2.74 bits per heavy atom. The Hall–Kier alpha value is -1.88. The SMILES string of the molecule is FC(F)Oc1ccccc1CNCCc1ccco1. The molecule has 0 atom stereocenters. The van der Waals surface area contributed by atoms with Gasteiger partial charge in [-0.25, -0.2) is 0 Å².